The van der Waals surface area contributed by atoms with E-state index in [9.17, 15) is 8.42 Å². The van der Waals surface area contributed by atoms with Crippen LogP contribution in [0.15, 0.2) is 5.38 Å². The minimum Gasteiger partial charge on any atom is -0.329 e. The Kier molecular flexibility index (Phi) is 3.23. The Balaban J connectivity index is 2.69. The SMILES string of the molecule is Cc1csc(NS(=O)(=O)CCN)n1. The molecule has 0 aliphatic heterocycles. The number of hydrogen-bond donors (Lipinski definition) is 2. The lowest BCUT2D eigenvalue weighted by Gasteiger charge is -2.01. The van der Waals surface area contributed by atoms with Crippen LogP contribution in [0, 0.1) is 6.92 Å². The molecule has 3 N–H and O–H groups in total. The molecule has 5 nitrogen and oxygen atoms in total. The molecular formula is C6H11N3O2S2. The number of nitrogens with zero attached hydrogens (tertiary/aromatic N) is 1. The predicted octanol–water partition coefficient (Wildman–Crippen LogP) is 0.152. The first-order chi connectivity index (χ1) is 6.03. The van der Waals surface area contributed by atoms with E-state index in [2.05, 4.69) is 9.71 Å². The van der Waals surface area contributed by atoms with Crippen molar-refractivity contribution in [3.8, 4) is 0 Å². The molecule has 74 valence electrons. The lowest BCUT2D eigenvalue weighted by atomic mass is 10.6. The zero-order chi connectivity index (χ0) is 9.90. The van der Waals surface area contributed by atoms with E-state index in [1.807, 2.05) is 0 Å². The number of hydrogen-bond acceptors (Lipinski definition) is 5. The lowest BCUT2D eigenvalue weighted by molar-refractivity contribution is 0.601. The van der Waals surface area contributed by atoms with Gasteiger partial charge in [0.1, 0.15) is 0 Å². The summed E-state index contributed by atoms with van der Waals surface area (Å²) < 4.78 is 24.7. The van der Waals surface area contributed by atoms with E-state index in [0.29, 0.717) is 5.13 Å². The number of sulfonamides is 1. The Labute approximate surface area is 81.0 Å². The second-order valence-corrected chi connectivity index (χ2v) is 5.20. The highest BCUT2D eigenvalue weighted by molar-refractivity contribution is 7.92. The number of thiazole rings is 1. The van der Waals surface area contributed by atoms with Crippen LogP contribution in [0.25, 0.3) is 0 Å². The molecule has 1 aromatic rings. The van der Waals surface area contributed by atoms with Gasteiger partial charge in [0.05, 0.1) is 11.4 Å². The van der Waals surface area contributed by atoms with Crippen LogP contribution in [-0.4, -0.2) is 25.7 Å². The highest BCUT2D eigenvalue weighted by Crippen LogP contribution is 2.15. The van der Waals surface area contributed by atoms with Gasteiger partial charge in [-0.15, -0.1) is 11.3 Å². The van der Waals surface area contributed by atoms with Crippen molar-refractivity contribution in [1.29, 1.82) is 0 Å². The van der Waals surface area contributed by atoms with E-state index >= 15 is 0 Å². The minimum atomic E-state index is -3.30. The van der Waals surface area contributed by atoms with E-state index in [0.717, 1.165) is 5.69 Å². The molecule has 0 unspecified atom stereocenters. The Hall–Kier alpha value is -0.660. The van der Waals surface area contributed by atoms with Gasteiger partial charge in [-0.3, -0.25) is 4.72 Å². The van der Waals surface area contributed by atoms with Crippen LogP contribution < -0.4 is 10.5 Å². The first-order valence-corrected chi connectivity index (χ1v) is 6.19. The highest BCUT2D eigenvalue weighted by atomic mass is 32.2. The molecule has 0 amide bonds. The van der Waals surface area contributed by atoms with Crippen LogP contribution in [0.3, 0.4) is 0 Å². The molecule has 0 aliphatic rings. The molecule has 0 radical (unpaired) electrons. The zero-order valence-corrected chi connectivity index (χ0v) is 8.78. The summed E-state index contributed by atoms with van der Waals surface area (Å²) in [5.41, 5.74) is 5.94. The van der Waals surface area contributed by atoms with Crippen LogP contribution in [0.5, 0.6) is 0 Å². The maximum atomic E-state index is 11.2. The molecule has 0 saturated carbocycles. The van der Waals surface area contributed by atoms with Gasteiger partial charge in [-0.25, -0.2) is 13.4 Å². The average molecular weight is 221 g/mol. The summed E-state index contributed by atoms with van der Waals surface area (Å²) in [4.78, 5) is 3.97. The van der Waals surface area contributed by atoms with Gasteiger partial charge >= 0.3 is 0 Å². The van der Waals surface area contributed by atoms with E-state index in [-0.39, 0.29) is 12.3 Å². The molecule has 0 aromatic carbocycles. The topological polar surface area (TPSA) is 85.1 Å². The van der Waals surface area contributed by atoms with Crippen molar-refractivity contribution < 1.29 is 8.42 Å². The summed E-state index contributed by atoms with van der Waals surface area (Å²) in [6.45, 7) is 1.91. The monoisotopic (exact) mass is 221 g/mol. The molecular weight excluding hydrogens is 210 g/mol. The van der Waals surface area contributed by atoms with Crippen molar-refractivity contribution in [2.24, 2.45) is 5.73 Å². The molecule has 0 aliphatic carbocycles. The number of aryl methyl sites for hydroxylation is 1. The maximum absolute atomic E-state index is 11.2. The Bertz CT molecular complexity index is 371. The van der Waals surface area contributed by atoms with Crippen LogP contribution in [0.4, 0.5) is 5.13 Å². The summed E-state index contributed by atoms with van der Waals surface area (Å²) in [5, 5.41) is 2.17. The van der Waals surface area contributed by atoms with Crippen molar-refractivity contribution in [3.05, 3.63) is 11.1 Å². The predicted molar refractivity (Wildman–Crippen MR) is 53.3 cm³/mol. The molecule has 7 heteroatoms. The third kappa shape index (κ3) is 3.29. The van der Waals surface area contributed by atoms with Gasteiger partial charge in [-0.05, 0) is 6.92 Å². The van der Waals surface area contributed by atoms with E-state index < -0.39 is 10.0 Å². The molecule has 1 rings (SSSR count). The number of anilines is 1. The fourth-order valence-electron chi connectivity index (χ4n) is 0.740. The second kappa shape index (κ2) is 4.03. The normalized spacial score (nSPS) is 11.5. The number of nitrogens with two attached hydrogens (primary N) is 1. The number of rotatable bonds is 4. The molecule has 0 spiro atoms. The van der Waals surface area contributed by atoms with E-state index in [4.69, 9.17) is 5.73 Å². The Morgan fingerprint density at radius 3 is 2.85 bits per heavy atom. The quantitative estimate of drug-likeness (QED) is 0.758. The van der Waals surface area contributed by atoms with E-state index in [1.54, 1.807) is 12.3 Å². The van der Waals surface area contributed by atoms with Crippen molar-refractivity contribution in [2.45, 2.75) is 6.92 Å². The van der Waals surface area contributed by atoms with Gasteiger partial charge in [-0.1, -0.05) is 0 Å². The van der Waals surface area contributed by atoms with Crippen molar-refractivity contribution >= 4 is 26.5 Å². The van der Waals surface area contributed by atoms with Gasteiger partial charge < -0.3 is 5.73 Å². The largest absolute Gasteiger partial charge is 0.329 e. The third-order valence-electron chi connectivity index (χ3n) is 1.25. The zero-order valence-electron chi connectivity index (χ0n) is 7.15. The van der Waals surface area contributed by atoms with Gasteiger partial charge in [0.25, 0.3) is 0 Å². The van der Waals surface area contributed by atoms with Gasteiger partial charge in [-0.2, -0.15) is 0 Å². The first-order valence-electron chi connectivity index (χ1n) is 3.66. The smallest absolute Gasteiger partial charge is 0.235 e. The third-order valence-corrected chi connectivity index (χ3v) is 3.53. The summed E-state index contributed by atoms with van der Waals surface area (Å²) in [7, 11) is -3.30. The molecule has 0 bridgehead atoms. The second-order valence-electron chi connectivity index (χ2n) is 2.50. The summed E-state index contributed by atoms with van der Waals surface area (Å²) >= 11 is 1.26. The first kappa shape index (κ1) is 10.4. The maximum Gasteiger partial charge on any atom is 0.235 e. The van der Waals surface area contributed by atoms with Crippen molar-refractivity contribution in [1.82, 2.24) is 4.98 Å². The fraction of sp³-hybridized carbons (Fsp3) is 0.500. The standard InChI is InChI=1S/C6H11N3O2S2/c1-5-4-12-6(8-5)9-13(10,11)3-2-7/h4H,2-3,7H2,1H3,(H,8,9). The van der Waals surface area contributed by atoms with Crippen LogP contribution in [0.2, 0.25) is 0 Å². The van der Waals surface area contributed by atoms with Crippen molar-refractivity contribution in [2.75, 3.05) is 17.0 Å². The Morgan fingerprint density at radius 2 is 2.38 bits per heavy atom. The van der Waals surface area contributed by atoms with Gasteiger partial charge in [0, 0.05) is 11.9 Å². The van der Waals surface area contributed by atoms with Gasteiger partial charge in [0.2, 0.25) is 10.0 Å². The summed E-state index contributed by atoms with van der Waals surface area (Å²) in [6.07, 6.45) is 0. The minimum absolute atomic E-state index is 0.0778. The van der Waals surface area contributed by atoms with Gasteiger partial charge in [0.15, 0.2) is 5.13 Å². The average Bonchev–Trinajstić information content (AvgIpc) is 2.34. The highest BCUT2D eigenvalue weighted by Gasteiger charge is 2.10. The van der Waals surface area contributed by atoms with Crippen LogP contribution in [-0.2, 0) is 10.0 Å². The van der Waals surface area contributed by atoms with E-state index in [1.165, 1.54) is 11.3 Å². The lowest BCUT2D eigenvalue weighted by Crippen LogP contribution is -2.22. The summed E-state index contributed by atoms with van der Waals surface area (Å²) in [5.74, 6) is -0.0778. The molecule has 0 saturated heterocycles. The molecule has 0 fully saturated rings. The Morgan fingerprint density at radius 1 is 1.69 bits per heavy atom. The fourth-order valence-corrected chi connectivity index (χ4v) is 2.57. The van der Waals surface area contributed by atoms with Crippen LogP contribution in [0.1, 0.15) is 5.69 Å². The van der Waals surface area contributed by atoms with Crippen molar-refractivity contribution in [3.63, 3.8) is 0 Å². The molecule has 13 heavy (non-hydrogen) atoms. The molecule has 1 aromatic heterocycles. The molecule has 0 atom stereocenters. The number of nitrogens with one attached hydrogen (secondary N) is 1. The molecule has 1 heterocycles. The number of aromatic nitrogens is 1. The van der Waals surface area contributed by atoms with Crippen LogP contribution >= 0.6 is 11.3 Å². The summed E-state index contributed by atoms with van der Waals surface area (Å²) in [6, 6.07) is 0.